The van der Waals surface area contributed by atoms with Crippen LogP contribution in [-0.2, 0) is 38.3 Å². The average Bonchev–Trinajstić information content (AvgIpc) is 3.24. The molecular weight excluding hydrogens is 813 g/mol. The van der Waals surface area contributed by atoms with Crippen LogP contribution in [0.2, 0.25) is 0 Å². The molecule has 0 aliphatic carbocycles. The van der Waals surface area contributed by atoms with E-state index in [4.69, 9.17) is 23.5 Å². The molecule has 4 N–H and O–H groups in total. The van der Waals surface area contributed by atoms with Gasteiger partial charge < -0.3 is 34.3 Å². The van der Waals surface area contributed by atoms with Gasteiger partial charge in [0.2, 0.25) is 0 Å². The maximum Gasteiger partial charge on any atom is 0.397 e. The van der Waals surface area contributed by atoms with Gasteiger partial charge in [0, 0.05) is 13.0 Å². The number of carbonyl (C=O) groups excluding carboxylic acids is 1. The number of rotatable bonds is 41. The predicted octanol–water partition coefficient (Wildman–Crippen LogP) is 10.5. The molecule has 360 valence electrons. The van der Waals surface area contributed by atoms with Gasteiger partial charge in [-0.05, 0) is 77.0 Å². The first-order valence-corrected chi connectivity index (χ1v) is 25.4. The Morgan fingerprint density at radius 3 is 1.65 bits per heavy atom. The van der Waals surface area contributed by atoms with Gasteiger partial charge in [0.05, 0.1) is 19.8 Å². The third-order valence-electron chi connectivity index (χ3n) is 10.6. The van der Waals surface area contributed by atoms with E-state index < -0.39 is 59.8 Å². The summed E-state index contributed by atoms with van der Waals surface area (Å²) >= 11 is 0. The van der Waals surface area contributed by atoms with Crippen molar-refractivity contribution in [1.29, 1.82) is 0 Å². The highest BCUT2D eigenvalue weighted by molar-refractivity contribution is 7.80. The van der Waals surface area contributed by atoms with E-state index >= 15 is 0 Å². The number of unbranched alkanes of at least 4 members (excludes halogenated alkanes) is 18. The van der Waals surface area contributed by atoms with Crippen LogP contribution in [0.15, 0.2) is 60.8 Å². The number of hydrogen-bond acceptors (Lipinski definition) is 11. The van der Waals surface area contributed by atoms with Crippen LogP contribution < -0.4 is 0 Å². The fraction of sp³-hybridized carbons (Fsp3) is 0.776. The minimum Gasteiger partial charge on any atom is -0.457 e. The summed E-state index contributed by atoms with van der Waals surface area (Å²) in [5, 5.41) is 30.7. The van der Waals surface area contributed by atoms with E-state index in [0.717, 1.165) is 57.8 Å². The van der Waals surface area contributed by atoms with Crippen molar-refractivity contribution >= 4 is 16.4 Å². The van der Waals surface area contributed by atoms with Gasteiger partial charge in [-0.1, -0.05) is 158 Å². The summed E-state index contributed by atoms with van der Waals surface area (Å²) in [6, 6.07) is 0. The van der Waals surface area contributed by atoms with Gasteiger partial charge in [-0.2, -0.15) is 8.42 Å². The summed E-state index contributed by atoms with van der Waals surface area (Å²) in [6.45, 7) is 3.82. The van der Waals surface area contributed by atoms with Gasteiger partial charge in [0.1, 0.15) is 30.5 Å². The summed E-state index contributed by atoms with van der Waals surface area (Å²) in [6.07, 6.45) is 41.2. The molecule has 1 aliphatic heterocycles. The van der Waals surface area contributed by atoms with Gasteiger partial charge in [-0.3, -0.25) is 9.35 Å². The Bertz CT molecular complexity index is 1310. The number of allylic oxidation sites excluding steroid dienone is 10. The molecule has 62 heavy (non-hydrogen) atoms. The van der Waals surface area contributed by atoms with Crippen LogP contribution in [0.25, 0.3) is 0 Å². The standard InChI is InChI=1S/C49H86O12S/c1-3-5-7-9-11-13-15-17-19-20-21-22-23-25-27-29-31-33-35-37-39-57-41-43(42-58-49-47(53)48(61-62(54,55)56)46(52)44(40-50)60-49)59-45(51)38-36-34-32-30-28-26-24-18-16-14-12-10-8-6-4-2/h6,8,12,14,17-19,24,28,30,43-44,46-50,52-53H,3-5,7,9-11,13,15-16,20-23,25-27,29,31-42H2,1-2H3,(H,54,55,56)/b8-6-,14-12-,19-17-,24-18-,30-28-. The molecule has 0 aromatic carbocycles. The highest BCUT2D eigenvalue weighted by Crippen LogP contribution is 2.26. The number of aliphatic hydroxyl groups is 3. The lowest BCUT2D eigenvalue weighted by atomic mass is 9.99. The molecule has 0 radical (unpaired) electrons. The molecule has 1 aliphatic rings. The molecule has 13 heteroatoms. The third kappa shape index (κ3) is 33.3. The Balaban J connectivity index is 2.41. The minimum absolute atomic E-state index is 0.0163. The number of ether oxygens (including phenoxy) is 4. The molecule has 1 fully saturated rings. The molecule has 0 saturated carbocycles. The third-order valence-corrected chi connectivity index (χ3v) is 11.1. The monoisotopic (exact) mass is 899 g/mol. The highest BCUT2D eigenvalue weighted by Gasteiger charge is 2.48. The Hall–Kier alpha value is -2.20. The van der Waals surface area contributed by atoms with Crippen LogP contribution >= 0.6 is 0 Å². The first-order valence-electron chi connectivity index (χ1n) is 24.0. The maximum absolute atomic E-state index is 12.8. The molecule has 0 bridgehead atoms. The summed E-state index contributed by atoms with van der Waals surface area (Å²) in [4.78, 5) is 12.8. The molecule has 6 unspecified atom stereocenters. The van der Waals surface area contributed by atoms with Crippen molar-refractivity contribution in [3.63, 3.8) is 0 Å². The smallest absolute Gasteiger partial charge is 0.397 e. The molecular formula is C49H86O12S. The predicted molar refractivity (Wildman–Crippen MR) is 248 cm³/mol. The number of aliphatic hydroxyl groups excluding tert-OH is 3. The lowest BCUT2D eigenvalue weighted by Crippen LogP contribution is -2.60. The van der Waals surface area contributed by atoms with E-state index in [9.17, 15) is 28.5 Å². The van der Waals surface area contributed by atoms with E-state index in [2.05, 4.69) is 78.8 Å². The second kappa shape index (κ2) is 40.3. The van der Waals surface area contributed by atoms with Gasteiger partial charge in [-0.15, -0.1) is 0 Å². The fourth-order valence-corrected chi connectivity index (χ4v) is 7.52. The number of hydrogen-bond donors (Lipinski definition) is 4. The van der Waals surface area contributed by atoms with Crippen molar-refractivity contribution < 1.29 is 56.2 Å². The summed E-state index contributed by atoms with van der Waals surface area (Å²) in [5.74, 6) is -0.440. The fourth-order valence-electron chi connectivity index (χ4n) is 7.01. The van der Waals surface area contributed by atoms with Gasteiger partial charge in [0.25, 0.3) is 0 Å². The van der Waals surface area contributed by atoms with Crippen LogP contribution in [0.4, 0.5) is 0 Å². The lowest BCUT2D eigenvalue weighted by molar-refractivity contribution is -0.301. The van der Waals surface area contributed by atoms with Crippen LogP contribution in [0.5, 0.6) is 0 Å². The van der Waals surface area contributed by atoms with Crippen LogP contribution in [0.3, 0.4) is 0 Å². The van der Waals surface area contributed by atoms with E-state index in [1.165, 1.54) is 96.3 Å². The van der Waals surface area contributed by atoms with Crippen molar-refractivity contribution in [2.75, 3.05) is 26.4 Å². The molecule has 12 nitrogen and oxygen atoms in total. The van der Waals surface area contributed by atoms with Crippen LogP contribution in [0.1, 0.15) is 181 Å². The first kappa shape index (κ1) is 57.8. The summed E-state index contributed by atoms with van der Waals surface area (Å²) in [5.41, 5.74) is 0. The molecule has 1 rings (SSSR count). The number of carbonyl (C=O) groups is 1. The molecule has 1 heterocycles. The molecule has 6 atom stereocenters. The Morgan fingerprint density at radius 2 is 1.11 bits per heavy atom. The molecule has 0 aromatic heterocycles. The van der Waals surface area contributed by atoms with Crippen molar-refractivity contribution in [2.45, 2.75) is 218 Å². The largest absolute Gasteiger partial charge is 0.457 e. The van der Waals surface area contributed by atoms with E-state index in [0.29, 0.717) is 13.0 Å². The highest BCUT2D eigenvalue weighted by atomic mass is 32.3. The summed E-state index contributed by atoms with van der Waals surface area (Å²) < 4.78 is 59.1. The number of esters is 1. The van der Waals surface area contributed by atoms with Crippen LogP contribution in [-0.4, -0.2) is 97.5 Å². The van der Waals surface area contributed by atoms with Crippen molar-refractivity contribution in [3.05, 3.63) is 60.8 Å². The SMILES string of the molecule is CC/C=C\C/C=C\C/C=C\C/C=C\CCCCC(=O)OC(COCCCCCCCCCCCC/C=C\CCCCCCCC)COC1OC(CO)C(O)C(OS(=O)(=O)O)C1O. The molecule has 0 spiro atoms. The summed E-state index contributed by atoms with van der Waals surface area (Å²) in [7, 11) is -5.07. The van der Waals surface area contributed by atoms with E-state index in [1.54, 1.807) is 0 Å². The zero-order valence-corrected chi connectivity index (χ0v) is 39.2. The molecule has 0 aromatic rings. The van der Waals surface area contributed by atoms with Gasteiger partial charge in [0.15, 0.2) is 6.29 Å². The van der Waals surface area contributed by atoms with Crippen LogP contribution in [0, 0.1) is 0 Å². The Morgan fingerprint density at radius 1 is 0.629 bits per heavy atom. The molecule has 1 saturated heterocycles. The zero-order valence-electron chi connectivity index (χ0n) is 38.4. The maximum atomic E-state index is 12.8. The topological polar surface area (TPSA) is 178 Å². The Kier molecular flexibility index (Phi) is 37.6. The normalized spacial score (nSPS) is 20.5. The Labute approximate surface area is 376 Å². The van der Waals surface area contributed by atoms with Gasteiger partial charge in [-0.25, -0.2) is 4.18 Å². The first-order chi connectivity index (χ1) is 30.1. The van der Waals surface area contributed by atoms with E-state index in [1.807, 2.05) is 0 Å². The minimum atomic E-state index is -5.07. The van der Waals surface area contributed by atoms with Crippen molar-refractivity contribution in [3.8, 4) is 0 Å². The van der Waals surface area contributed by atoms with Crippen molar-refractivity contribution in [2.24, 2.45) is 0 Å². The lowest BCUT2D eigenvalue weighted by Gasteiger charge is -2.41. The second-order valence-electron chi connectivity index (χ2n) is 16.3. The molecule has 0 amide bonds. The quantitative estimate of drug-likeness (QED) is 0.0198. The van der Waals surface area contributed by atoms with E-state index in [-0.39, 0.29) is 19.6 Å². The average molecular weight is 899 g/mol. The zero-order chi connectivity index (χ0) is 45.4. The van der Waals surface area contributed by atoms with Gasteiger partial charge >= 0.3 is 16.4 Å². The van der Waals surface area contributed by atoms with Crippen molar-refractivity contribution in [1.82, 2.24) is 0 Å². The second-order valence-corrected chi connectivity index (χ2v) is 17.4.